The summed E-state index contributed by atoms with van der Waals surface area (Å²) < 4.78 is 0.677. The van der Waals surface area contributed by atoms with Crippen molar-refractivity contribution in [3.63, 3.8) is 0 Å². The fourth-order valence-electron chi connectivity index (χ4n) is 1.58. The van der Waals surface area contributed by atoms with Gasteiger partial charge in [0, 0.05) is 18.2 Å². The minimum atomic E-state index is 0.211. The molecule has 0 saturated carbocycles. The molecule has 0 atom stereocenters. The zero-order chi connectivity index (χ0) is 15.4. The number of halogens is 2. The molecule has 0 fully saturated rings. The molecule has 0 aliphatic rings. The van der Waals surface area contributed by atoms with Crippen LogP contribution in [0, 0.1) is 12.3 Å². The first kappa shape index (κ1) is 19.1. The van der Waals surface area contributed by atoms with Crippen LogP contribution in [0.4, 0.5) is 0 Å². The number of hydrogen-bond acceptors (Lipinski definition) is 1. The van der Waals surface area contributed by atoms with E-state index in [1.165, 1.54) is 0 Å². The van der Waals surface area contributed by atoms with Crippen LogP contribution < -0.4 is 0 Å². The predicted molar refractivity (Wildman–Crippen MR) is 95.1 cm³/mol. The van der Waals surface area contributed by atoms with Crippen LogP contribution in [0.15, 0.2) is 46.0 Å². The van der Waals surface area contributed by atoms with Crippen LogP contribution in [0.3, 0.4) is 0 Å². The van der Waals surface area contributed by atoms with Crippen molar-refractivity contribution in [1.82, 2.24) is 0 Å². The van der Waals surface area contributed by atoms with Crippen molar-refractivity contribution in [2.24, 2.45) is 0 Å². The summed E-state index contributed by atoms with van der Waals surface area (Å²) in [6.07, 6.45) is 16.8. The highest BCUT2D eigenvalue weighted by Crippen LogP contribution is 2.12. The molecule has 0 heterocycles. The zero-order valence-corrected chi connectivity index (χ0v) is 15.1. The summed E-state index contributed by atoms with van der Waals surface area (Å²) in [7, 11) is 0. The second-order valence-electron chi connectivity index (χ2n) is 4.31. The molecule has 1 nitrogen and oxygen atoms in total. The van der Waals surface area contributed by atoms with Crippen LogP contribution in [-0.4, -0.2) is 11.1 Å². The van der Waals surface area contributed by atoms with Gasteiger partial charge in [-0.3, -0.25) is 4.79 Å². The standard InChI is InChI=1S/C17H20Br2O/c1-4-7-15(8-6-11-18)13-17(20)12-14(3)9-10-16(19)5-2/h2,6-10H,4,11-13H2,1,3H3/b8-6-,14-9+,15-7+,16-10+. The van der Waals surface area contributed by atoms with Crippen LogP contribution in [-0.2, 0) is 4.79 Å². The Labute approximate surface area is 139 Å². The van der Waals surface area contributed by atoms with Crippen molar-refractivity contribution in [3.8, 4) is 12.3 Å². The van der Waals surface area contributed by atoms with E-state index in [0.717, 1.165) is 22.9 Å². The van der Waals surface area contributed by atoms with Gasteiger partial charge in [0.25, 0.3) is 0 Å². The van der Waals surface area contributed by atoms with Gasteiger partial charge in [0.15, 0.2) is 0 Å². The first-order valence-corrected chi connectivity index (χ1v) is 8.37. The summed E-state index contributed by atoms with van der Waals surface area (Å²) >= 11 is 6.57. The fraction of sp³-hybridized carbons (Fsp3) is 0.353. The van der Waals surface area contributed by atoms with E-state index >= 15 is 0 Å². The second kappa shape index (κ2) is 11.9. The number of Topliss-reactive ketones (excluding diaryl/α,β-unsaturated/α-hetero) is 1. The molecule has 0 aromatic heterocycles. The van der Waals surface area contributed by atoms with Crippen LogP contribution in [0.1, 0.15) is 33.1 Å². The predicted octanol–water partition coefficient (Wildman–Crippen LogP) is 5.48. The zero-order valence-electron chi connectivity index (χ0n) is 12.0. The first-order valence-electron chi connectivity index (χ1n) is 6.46. The van der Waals surface area contributed by atoms with E-state index < -0.39 is 0 Å². The van der Waals surface area contributed by atoms with E-state index in [1.807, 2.05) is 25.2 Å². The number of ketones is 1. The number of alkyl halides is 1. The Hall–Kier alpha value is -0.850. The van der Waals surface area contributed by atoms with Crippen molar-refractivity contribution in [3.05, 3.63) is 46.0 Å². The van der Waals surface area contributed by atoms with Crippen molar-refractivity contribution in [2.75, 3.05) is 5.33 Å². The molecule has 0 aliphatic carbocycles. The largest absolute Gasteiger partial charge is 0.299 e. The van der Waals surface area contributed by atoms with Gasteiger partial charge in [-0.05, 0) is 40.9 Å². The molecule has 3 heteroatoms. The molecule has 0 aromatic rings. The Morgan fingerprint density at radius 1 is 1.30 bits per heavy atom. The SMILES string of the molecule is C#C/C(Br)=C\C=C(/C)CC(=O)CC(/C=C\CBr)=C/CC. The van der Waals surface area contributed by atoms with E-state index in [9.17, 15) is 4.79 Å². The lowest BCUT2D eigenvalue weighted by Crippen LogP contribution is -1.99. The molecule has 0 aliphatic heterocycles. The number of terminal acetylenes is 1. The lowest BCUT2D eigenvalue weighted by atomic mass is 10.0. The third-order valence-electron chi connectivity index (χ3n) is 2.42. The molecule has 0 aromatic carbocycles. The first-order chi connectivity index (χ1) is 9.53. The molecule has 0 unspecified atom stereocenters. The third-order valence-corrected chi connectivity index (χ3v) is 3.28. The Bertz CT molecular complexity index is 474. The van der Waals surface area contributed by atoms with Gasteiger partial charge in [-0.1, -0.05) is 58.7 Å². The maximum absolute atomic E-state index is 12.0. The van der Waals surface area contributed by atoms with Gasteiger partial charge >= 0.3 is 0 Å². The average Bonchev–Trinajstić information content (AvgIpc) is 2.42. The number of allylic oxidation sites excluding steroid dienone is 8. The number of carbonyl (C=O) groups excluding carboxylic acids is 1. The Balaban J connectivity index is 4.58. The molecular weight excluding hydrogens is 380 g/mol. The summed E-state index contributed by atoms with van der Waals surface area (Å²) in [6.45, 7) is 4.00. The second-order valence-corrected chi connectivity index (χ2v) is 5.81. The van der Waals surface area contributed by atoms with Gasteiger partial charge in [-0.2, -0.15) is 0 Å². The highest BCUT2D eigenvalue weighted by atomic mass is 79.9. The topological polar surface area (TPSA) is 17.1 Å². The van der Waals surface area contributed by atoms with Crippen molar-refractivity contribution >= 4 is 37.6 Å². The lowest BCUT2D eigenvalue weighted by Gasteiger charge is -2.03. The molecule has 0 radical (unpaired) electrons. The van der Waals surface area contributed by atoms with E-state index in [4.69, 9.17) is 6.42 Å². The summed E-state index contributed by atoms with van der Waals surface area (Å²) in [6, 6.07) is 0. The minimum absolute atomic E-state index is 0.211. The molecule has 20 heavy (non-hydrogen) atoms. The fourth-order valence-corrected chi connectivity index (χ4v) is 1.90. The van der Waals surface area contributed by atoms with E-state index in [2.05, 4.69) is 50.8 Å². The maximum atomic E-state index is 12.0. The van der Waals surface area contributed by atoms with Gasteiger partial charge in [-0.25, -0.2) is 0 Å². The van der Waals surface area contributed by atoms with E-state index in [-0.39, 0.29) is 5.78 Å². The molecule has 0 rings (SSSR count). The van der Waals surface area contributed by atoms with Crippen LogP contribution >= 0.6 is 31.9 Å². The van der Waals surface area contributed by atoms with Crippen molar-refractivity contribution < 1.29 is 4.79 Å². The van der Waals surface area contributed by atoms with Crippen molar-refractivity contribution in [1.29, 1.82) is 0 Å². The van der Waals surface area contributed by atoms with Crippen molar-refractivity contribution in [2.45, 2.75) is 33.1 Å². The summed E-state index contributed by atoms with van der Waals surface area (Å²) in [5, 5.41) is 0.798. The van der Waals surface area contributed by atoms with E-state index in [0.29, 0.717) is 17.3 Å². The molecule has 0 spiro atoms. The Morgan fingerprint density at radius 3 is 2.55 bits per heavy atom. The van der Waals surface area contributed by atoms with Gasteiger partial charge in [0.2, 0.25) is 0 Å². The monoisotopic (exact) mass is 398 g/mol. The summed E-state index contributed by atoms with van der Waals surface area (Å²) in [5.41, 5.74) is 2.08. The minimum Gasteiger partial charge on any atom is -0.299 e. The number of rotatable bonds is 8. The highest BCUT2D eigenvalue weighted by molar-refractivity contribution is 9.12. The van der Waals surface area contributed by atoms with Gasteiger partial charge in [-0.15, -0.1) is 6.42 Å². The molecule has 0 amide bonds. The average molecular weight is 400 g/mol. The van der Waals surface area contributed by atoms with E-state index in [1.54, 1.807) is 6.08 Å². The molecule has 0 bridgehead atoms. The Kier molecular flexibility index (Phi) is 11.4. The molecule has 108 valence electrons. The Morgan fingerprint density at radius 2 is 2.00 bits per heavy atom. The van der Waals surface area contributed by atoms with Crippen LogP contribution in [0.25, 0.3) is 0 Å². The highest BCUT2D eigenvalue weighted by Gasteiger charge is 2.05. The summed E-state index contributed by atoms with van der Waals surface area (Å²) in [4.78, 5) is 12.0. The third kappa shape index (κ3) is 10.00. The summed E-state index contributed by atoms with van der Waals surface area (Å²) in [5.74, 6) is 2.68. The number of carbonyl (C=O) groups is 1. The molecule has 0 N–H and O–H groups in total. The van der Waals surface area contributed by atoms with Gasteiger partial charge in [0.1, 0.15) is 5.78 Å². The van der Waals surface area contributed by atoms with Gasteiger partial charge in [0.05, 0.1) is 4.48 Å². The molecular formula is C17H20Br2O. The quantitative estimate of drug-likeness (QED) is 0.300. The van der Waals surface area contributed by atoms with Crippen LogP contribution in [0.2, 0.25) is 0 Å². The normalized spacial score (nSPS) is 13.7. The lowest BCUT2D eigenvalue weighted by molar-refractivity contribution is -0.117. The smallest absolute Gasteiger partial charge is 0.141 e. The maximum Gasteiger partial charge on any atom is 0.141 e. The molecule has 0 saturated heterocycles. The van der Waals surface area contributed by atoms with Crippen LogP contribution in [0.5, 0.6) is 0 Å². The van der Waals surface area contributed by atoms with Gasteiger partial charge < -0.3 is 0 Å². The number of hydrogen-bond donors (Lipinski definition) is 0.